The maximum Gasteiger partial charge on any atom is 0.356 e. The number of carboxylic acid groups (broad SMARTS) is 1. The quantitative estimate of drug-likeness (QED) is 0.0593. The van der Waals surface area contributed by atoms with Gasteiger partial charge in [-0.25, -0.2) is 19.6 Å². The second-order valence-electron chi connectivity index (χ2n) is 13.6. The highest BCUT2D eigenvalue weighted by atomic mass is 16.5. The van der Waals surface area contributed by atoms with E-state index in [0.717, 1.165) is 16.3 Å². The largest absolute Gasteiger partial charge is 0.507 e. The van der Waals surface area contributed by atoms with Crippen molar-refractivity contribution in [2.75, 3.05) is 17.7 Å². The third-order valence-electron chi connectivity index (χ3n) is 9.98. The minimum atomic E-state index is -1.14. The Hall–Kier alpha value is -7.60. The summed E-state index contributed by atoms with van der Waals surface area (Å²) in [7, 11) is 1.28. The number of Topliss-reactive ketones (excluding diaryl/α,β-unsaturated/α-hetero) is 1. The number of aromatic nitrogens is 2. The fraction of sp³-hybridized carbons (Fsp3) is 0.111. The summed E-state index contributed by atoms with van der Waals surface area (Å²) in [6, 6.07) is 29.1. The number of esters is 1. The zero-order valence-electron chi connectivity index (χ0n) is 31.0. The van der Waals surface area contributed by atoms with Gasteiger partial charge in [0.1, 0.15) is 28.5 Å². The van der Waals surface area contributed by atoms with E-state index in [9.17, 15) is 29.4 Å². The van der Waals surface area contributed by atoms with E-state index in [0.29, 0.717) is 55.7 Å². The molecule has 0 saturated heterocycles. The Morgan fingerprint density at radius 3 is 2.05 bits per heavy atom. The van der Waals surface area contributed by atoms with Crippen LogP contribution in [0.2, 0.25) is 0 Å². The lowest BCUT2D eigenvalue weighted by molar-refractivity contribution is 0.0593. The second-order valence-corrected chi connectivity index (χ2v) is 13.6. The molecule has 0 saturated carbocycles. The number of nitrogens with zero attached hydrogens (tertiary/aromatic N) is 2. The number of para-hydroxylation sites is 2. The van der Waals surface area contributed by atoms with E-state index in [1.165, 1.54) is 26.2 Å². The summed E-state index contributed by atoms with van der Waals surface area (Å²) in [5, 5.41) is 30.5. The number of pyridine rings is 2. The first-order chi connectivity index (χ1) is 27.5. The first-order valence-corrected chi connectivity index (χ1v) is 18.0. The summed E-state index contributed by atoms with van der Waals surface area (Å²) < 4.78 is 11.6. The number of ether oxygens (including phenoxy) is 1. The van der Waals surface area contributed by atoms with Crippen molar-refractivity contribution >= 4 is 61.9 Å². The highest BCUT2D eigenvalue weighted by molar-refractivity contribution is 6.09. The van der Waals surface area contributed by atoms with Crippen LogP contribution in [0.5, 0.6) is 5.75 Å². The third-order valence-corrected chi connectivity index (χ3v) is 9.98. The van der Waals surface area contributed by atoms with E-state index in [4.69, 9.17) is 9.15 Å². The van der Waals surface area contributed by atoms with Crippen molar-refractivity contribution in [1.82, 2.24) is 9.97 Å². The van der Waals surface area contributed by atoms with Crippen molar-refractivity contribution in [3.8, 4) is 28.2 Å². The van der Waals surface area contributed by atoms with E-state index >= 15 is 0 Å². The van der Waals surface area contributed by atoms with Crippen molar-refractivity contribution in [3.05, 3.63) is 147 Å². The minimum absolute atomic E-state index is 0.00523. The Bertz CT molecular complexity index is 2990. The molecule has 282 valence electrons. The second kappa shape index (κ2) is 14.6. The maximum absolute atomic E-state index is 13.8. The summed E-state index contributed by atoms with van der Waals surface area (Å²) in [6.45, 7) is 3.29. The van der Waals surface area contributed by atoms with Gasteiger partial charge in [-0.2, -0.15) is 0 Å². The average Bonchev–Trinajstić information content (AvgIpc) is 3.21. The molecule has 12 nitrogen and oxygen atoms in total. The molecule has 0 amide bonds. The number of carbonyl (C=O) groups is 3. The molecule has 8 rings (SSSR count). The summed E-state index contributed by atoms with van der Waals surface area (Å²) in [6.07, 6.45) is 0. The fourth-order valence-electron chi connectivity index (χ4n) is 7.14. The number of aromatic hydroxyl groups is 1. The Morgan fingerprint density at radius 2 is 1.40 bits per heavy atom. The molecule has 6 aromatic rings. The SMILES string of the molecule is COC(=O)c1ccc2cccc(NCc3c(O)ccc4c(-c5cc(C)ccc5C(=O)O)c5ccc(=O)c(CNc6cccc7ccc(C(C)=O)nc67)c-5oc34)c2n1. The molecule has 1 aliphatic heterocycles. The van der Waals surface area contributed by atoms with Crippen LogP contribution in [0.1, 0.15) is 54.9 Å². The lowest BCUT2D eigenvalue weighted by Gasteiger charge is -2.21. The third kappa shape index (κ3) is 6.63. The average molecular weight is 759 g/mol. The molecule has 0 fully saturated rings. The molecule has 3 heterocycles. The lowest BCUT2D eigenvalue weighted by Crippen LogP contribution is -2.15. The smallest absolute Gasteiger partial charge is 0.356 e. The highest BCUT2D eigenvalue weighted by Gasteiger charge is 2.27. The number of hydrogen-bond donors (Lipinski definition) is 4. The predicted molar refractivity (Wildman–Crippen MR) is 217 cm³/mol. The molecule has 12 heteroatoms. The summed E-state index contributed by atoms with van der Waals surface area (Å²) in [5.74, 6) is -1.84. The van der Waals surface area contributed by atoms with Gasteiger partial charge in [-0.15, -0.1) is 0 Å². The first kappa shape index (κ1) is 36.4. The van der Waals surface area contributed by atoms with Gasteiger partial charge < -0.3 is 30.0 Å². The Balaban J connectivity index is 1.32. The molecular formula is C45H34N4O8. The molecule has 1 aliphatic carbocycles. The van der Waals surface area contributed by atoms with Crippen LogP contribution in [-0.4, -0.2) is 45.0 Å². The Morgan fingerprint density at radius 1 is 0.754 bits per heavy atom. The van der Waals surface area contributed by atoms with Crippen LogP contribution in [-0.2, 0) is 17.8 Å². The number of rotatable bonds is 10. The number of ketones is 1. The molecule has 2 aromatic heterocycles. The zero-order chi connectivity index (χ0) is 40.0. The van der Waals surface area contributed by atoms with Gasteiger partial charge in [-0.1, -0.05) is 54.1 Å². The van der Waals surface area contributed by atoms with Gasteiger partial charge in [-0.3, -0.25) is 9.59 Å². The van der Waals surface area contributed by atoms with Crippen LogP contribution in [0.3, 0.4) is 0 Å². The molecule has 4 aromatic carbocycles. The number of phenolic OH excluding ortho intramolecular Hbond substituents is 1. The van der Waals surface area contributed by atoms with E-state index in [-0.39, 0.29) is 58.2 Å². The van der Waals surface area contributed by atoms with Gasteiger partial charge in [0.2, 0.25) is 0 Å². The topological polar surface area (TPSA) is 181 Å². The number of aromatic carboxylic acids is 1. The number of phenols is 1. The molecule has 0 unspecified atom stereocenters. The molecule has 0 spiro atoms. The summed E-state index contributed by atoms with van der Waals surface area (Å²) in [5.41, 5.74) is 5.30. The van der Waals surface area contributed by atoms with Crippen molar-refractivity contribution in [2.24, 2.45) is 0 Å². The molecule has 0 bridgehead atoms. The van der Waals surface area contributed by atoms with Gasteiger partial charge >= 0.3 is 11.9 Å². The predicted octanol–water partition coefficient (Wildman–Crippen LogP) is 8.59. The van der Waals surface area contributed by atoms with E-state index in [1.807, 2.05) is 37.3 Å². The molecular weight excluding hydrogens is 725 g/mol. The number of carboxylic acids is 1. The number of carbonyl (C=O) groups excluding carboxylic acids is 2. The van der Waals surface area contributed by atoms with E-state index in [2.05, 4.69) is 20.6 Å². The number of nitrogens with one attached hydrogen (secondary N) is 2. The Kier molecular flexibility index (Phi) is 9.30. The fourth-order valence-corrected chi connectivity index (χ4v) is 7.14. The number of methoxy groups -OCH3 is 1. The van der Waals surface area contributed by atoms with Crippen molar-refractivity contribution in [1.29, 1.82) is 0 Å². The van der Waals surface area contributed by atoms with Crippen LogP contribution < -0.4 is 16.1 Å². The van der Waals surface area contributed by atoms with E-state index in [1.54, 1.807) is 60.7 Å². The molecule has 57 heavy (non-hydrogen) atoms. The standard InChI is InChI=1S/C45H34N4O8/c1-23-10-13-27(44(53)54)30(20-23)39-28-14-18-37(51)31(21-46-34-8-4-6-25-11-16-33(24(2)50)48-40(25)34)42(28)57-43-29(39)15-19-38(52)32(43)22-47-35-9-5-7-26-12-17-36(45(55)56-3)49-41(26)35/h4-20,46-47,52H,21-22H2,1-3H3,(H,53,54). The van der Waals surface area contributed by atoms with Gasteiger partial charge in [0.15, 0.2) is 11.2 Å². The monoisotopic (exact) mass is 758 g/mol. The molecule has 2 aliphatic rings. The number of aryl methyl sites for hydroxylation is 1. The molecule has 0 atom stereocenters. The summed E-state index contributed by atoms with van der Waals surface area (Å²) in [4.78, 5) is 60.1. The Labute approximate surface area is 324 Å². The van der Waals surface area contributed by atoms with E-state index < -0.39 is 11.9 Å². The summed E-state index contributed by atoms with van der Waals surface area (Å²) >= 11 is 0. The van der Waals surface area contributed by atoms with Gasteiger partial charge in [0.05, 0.1) is 46.2 Å². The lowest BCUT2D eigenvalue weighted by atomic mass is 9.87. The van der Waals surface area contributed by atoms with Crippen LogP contribution in [0.4, 0.5) is 11.4 Å². The van der Waals surface area contributed by atoms with Crippen LogP contribution in [0, 0.1) is 6.92 Å². The normalized spacial score (nSPS) is 11.3. The molecule has 0 radical (unpaired) electrons. The minimum Gasteiger partial charge on any atom is -0.507 e. The van der Waals surface area contributed by atoms with Gasteiger partial charge in [0, 0.05) is 47.3 Å². The van der Waals surface area contributed by atoms with Crippen molar-refractivity contribution in [3.63, 3.8) is 0 Å². The first-order valence-electron chi connectivity index (χ1n) is 18.0. The number of benzene rings is 5. The van der Waals surface area contributed by atoms with Crippen molar-refractivity contribution in [2.45, 2.75) is 26.9 Å². The zero-order valence-corrected chi connectivity index (χ0v) is 31.0. The maximum atomic E-state index is 13.8. The molecule has 4 N–H and O–H groups in total. The van der Waals surface area contributed by atoms with Crippen LogP contribution >= 0.6 is 0 Å². The number of hydrogen-bond acceptors (Lipinski definition) is 11. The highest BCUT2D eigenvalue weighted by Crippen LogP contribution is 2.45. The van der Waals surface area contributed by atoms with Crippen molar-refractivity contribution < 1.29 is 33.8 Å². The number of anilines is 2. The van der Waals surface area contributed by atoms with Crippen LogP contribution in [0.15, 0.2) is 112 Å². The van der Waals surface area contributed by atoms with Gasteiger partial charge in [0.25, 0.3) is 0 Å². The van der Waals surface area contributed by atoms with Crippen LogP contribution in [0.25, 0.3) is 55.2 Å². The van der Waals surface area contributed by atoms with Gasteiger partial charge in [-0.05, 0) is 67.1 Å². The number of fused-ring (bicyclic) bond motifs is 4.